The molecule has 1 aliphatic rings. The Labute approximate surface area is 151 Å². The fraction of sp³-hybridized carbons (Fsp3) is 0.500. The number of nitriles is 1. The fourth-order valence-electron chi connectivity index (χ4n) is 3.36. The van der Waals surface area contributed by atoms with Crippen molar-refractivity contribution >= 4 is 21.7 Å². The number of rotatable bonds is 5. The third-order valence-corrected chi connectivity index (χ3v) is 6.42. The second kappa shape index (κ2) is 7.01. The highest BCUT2D eigenvalue weighted by Crippen LogP contribution is 2.44. The van der Waals surface area contributed by atoms with Crippen LogP contribution in [0.3, 0.4) is 0 Å². The first-order valence-corrected chi connectivity index (χ1v) is 9.23. The van der Waals surface area contributed by atoms with Crippen LogP contribution in [0.4, 0.5) is 5.69 Å². The highest BCUT2D eigenvalue weighted by atomic mass is 32.2. The number of sulfonamides is 1. The van der Waals surface area contributed by atoms with Crippen molar-refractivity contribution < 1.29 is 22.9 Å². The lowest BCUT2D eigenvalue weighted by Gasteiger charge is -2.30. The molecule has 10 heteroatoms. The van der Waals surface area contributed by atoms with Crippen LogP contribution in [0.1, 0.15) is 26.7 Å². The molecule has 0 bridgehead atoms. The summed E-state index contributed by atoms with van der Waals surface area (Å²) in [5.74, 6) is -0.707. The van der Waals surface area contributed by atoms with Gasteiger partial charge in [0, 0.05) is 18.2 Å². The second-order valence-electron chi connectivity index (χ2n) is 6.72. The first kappa shape index (κ1) is 19.8. The molecule has 0 unspecified atom stereocenters. The number of esters is 1. The average molecular weight is 381 g/mol. The predicted octanol–water partition coefficient (Wildman–Crippen LogP) is 1.84. The number of nitro groups is 1. The van der Waals surface area contributed by atoms with Gasteiger partial charge >= 0.3 is 5.97 Å². The summed E-state index contributed by atoms with van der Waals surface area (Å²) in [4.78, 5) is 22.3. The number of hydrogen-bond donors (Lipinski definition) is 0. The van der Waals surface area contributed by atoms with Crippen LogP contribution in [0.2, 0.25) is 0 Å². The standard InChI is InChI=1S/C16H19N3O6S/c1-16(2)10-12(8-9-17)18(14(16)15(20)25-3)26(23,24)13-6-4-11(5-7-13)19(21)22/h4-7,12,14H,8,10H2,1-3H3/t12-,14-/m1/s1. The predicted molar refractivity (Wildman–Crippen MR) is 90.3 cm³/mol. The number of benzene rings is 1. The zero-order valence-corrected chi connectivity index (χ0v) is 15.4. The number of methoxy groups -OCH3 is 1. The Hall–Kier alpha value is -2.51. The minimum Gasteiger partial charge on any atom is -0.468 e. The van der Waals surface area contributed by atoms with Crippen LogP contribution in [0.15, 0.2) is 29.2 Å². The van der Waals surface area contributed by atoms with E-state index >= 15 is 0 Å². The molecule has 140 valence electrons. The smallest absolute Gasteiger partial charge is 0.324 e. The molecule has 9 nitrogen and oxygen atoms in total. The van der Waals surface area contributed by atoms with Crippen molar-refractivity contribution in [2.24, 2.45) is 5.41 Å². The maximum atomic E-state index is 13.2. The van der Waals surface area contributed by atoms with Crippen molar-refractivity contribution in [3.05, 3.63) is 34.4 Å². The van der Waals surface area contributed by atoms with E-state index in [1.54, 1.807) is 13.8 Å². The highest BCUT2D eigenvalue weighted by molar-refractivity contribution is 7.89. The third kappa shape index (κ3) is 3.40. The number of hydrogen-bond acceptors (Lipinski definition) is 7. The van der Waals surface area contributed by atoms with E-state index in [1.165, 1.54) is 7.11 Å². The molecule has 1 aromatic carbocycles. The maximum absolute atomic E-state index is 13.2. The summed E-state index contributed by atoms with van der Waals surface area (Å²) in [5.41, 5.74) is -0.980. The first-order chi connectivity index (χ1) is 12.1. The zero-order valence-electron chi connectivity index (χ0n) is 14.6. The Balaban J connectivity index is 2.56. The first-order valence-electron chi connectivity index (χ1n) is 7.79. The highest BCUT2D eigenvalue weighted by Gasteiger charge is 2.55. The molecule has 2 atom stereocenters. The van der Waals surface area contributed by atoms with Gasteiger partial charge in [-0.05, 0) is 24.0 Å². The minimum absolute atomic E-state index is 0.0802. The SMILES string of the molecule is COC(=O)[C@H]1N(S(=O)(=O)c2ccc([N+](=O)[O-])cc2)[C@H](CC#N)CC1(C)C. The summed E-state index contributed by atoms with van der Waals surface area (Å²) in [6, 6.07) is 4.58. The van der Waals surface area contributed by atoms with Gasteiger partial charge in [-0.1, -0.05) is 13.8 Å². The zero-order chi connectivity index (χ0) is 19.7. The number of ether oxygens (including phenoxy) is 1. The molecule has 0 amide bonds. The normalized spacial score (nSPS) is 22.5. The Morgan fingerprint density at radius 1 is 1.42 bits per heavy atom. The summed E-state index contributed by atoms with van der Waals surface area (Å²) in [6.45, 7) is 3.48. The molecule has 1 fully saturated rings. The number of carbonyl (C=O) groups is 1. The van der Waals surface area contributed by atoms with Gasteiger partial charge in [0.1, 0.15) is 6.04 Å². The van der Waals surface area contributed by atoms with Crippen LogP contribution in [-0.4, -0.2) is 42.8 Å². The van der Waals surface area contributed by atoms with Crippen molar-refractivity contribution in [2.45, 2.75) is 43.7 Å². The molecule has 1 heterocycles. The van der Waals surface area contributed by atoms with Crippen LogP contribution in [-0.2, 0) is 19.6 Å². The Kier molecular flexibility index (Phi) is 5.34. The Morgan fingerprint density at radius 3 is 2.46 bits per heavy atom. The van der Waals surface area contributed by atoms with Gasteiger partial charge in [0.2, 0.25) is 10.0 Å². The molecule has 0 N–H and O–H groups in total. The molecular weight excluding hydrogens is 362 g/mol. The van der Waals surface area contributed by atoms with Crippen LogP contribution in [0.5, 0.6) is 0 Å². The Bertz CT molecular complexity index is 857. The molecule has 2 rings (SSSR count). The van der Waals surface area contributed by atoms with Crippen LogP contribution < -0.4 is 0 Å². The Morgan fingerprint density at radius 2 is 2.00 bits per heavy atom. The average Bonchev–Trinajstić information content (AvgIpc) is 2.85. The van der Waals surface area contributed by atoms with E-state index < -0.39 is 38.4 Å². The molecule has 0 aliphatic carbocycles. The van der Waals surface area contributed by atoms with Gasteiger partial charge in [-0.2, -0.15) is 9.57 Å². The largest absolute Gasteiger partial charge is 0.468 e. The second-order valence-corrected chi connectivity index (χ2v) is 8.56. The lowest BCUT2D eigenvalue weighted by molar-refractivity contribution is -0.384. The van der Waals surface area contributed by atoms with Gasteiger partial charge in [-0.15, -0.1) is 0 Å². The van der Waals surface area contributed by atoms with Gasteiger partial charge in [0.05, 0.1) is 29.4 Å². The summed E-state index contributed by atoms with van der Waals surface area (Å²) >= 11 is 0. The van der Waals surface area contributed by atoms with Crippen LogP contribution >= 0.6 is 0 Å². The number of nitrogens with zero attached hydrogens (tertiary/aromatic N) is 3. The summed E-state index contributed by atoms with van der Waals surface area (Å²) < 4.78 is 32.1. The van der Waals surface area contributed by atoms with Crippen LogP contribution in [0, 0.1) is 26.9 Å². The minimum atomic E-state index is -4.17. The fourth-order valence-corrected chi connectivity index (χ4v) is 5.28. The van der Waals surface area contributed by atoms with E-state index in [1.807, 2.05) is 6.07 Å². The van der Waals surface area contributed by atoms with Crippen LogP contribution in [0.25, 0.3) is 0 Å². The van der Waals surface area contributed by atoms with Crippen molar-refractivity contribution in [3.63, 3.8) is 0 Å². The monoisotopic (exact) mass is 381 g/mol. The van der Waals surface area contributed by atoms with E-state index in [2.05, 4.69) is 0 Å². The van der Waals surface area contributed by atoms with E-state index in [0.717, 1.165) is 28.6 Å². The quantitative estimate of drug-likeness (QED) is 0.432. The van der Waals surface area contributed by atoms with Crippen molar-refractivity contribution in [3.8, 4) is 6.07 Å². The molecule has 0 spiro atoms. The summed E-state index contributed by atoms with van der Waals surface area (Å²) in [5, 5.41) is 19.8. The summed E-state index contributed by atoms with van der Waals surface area (Å²) in [7, 11) is -3.00. The van der Waals surface area contributed by atoms with Crippen molar-refractivity contribution in [1.29, 1.82) is 5.26 Å². The van der Waals surface area contributed by atoms with Crippen molar-refractivity contribution in [1.82, 2.24) is 4.31 Å². The van der Waals surface area contributed by atoms with Gasteiger partial charge in [-0.25, -0.2) is 8.42 Å². The maximum Gasteiger partial charge on any atom is 0.324 e. The van der Waals surface area contributed by atoms with Crippen molar-refractivity contribution in [2.75, 3.05) is 7.11 Å². The lowest BCUT2D eigenvalue weighted by atomic mass is 9.83. The molecule has 0 aromatic heterocycles. The molecule has 0 saturated carbocycles. The van der Waals surface area contributed by atoms with Gasteiger partial charge in [0.15, 0.2) is 0 Å². The van der Waals surface area contributed by atoms with Gasteiger partial charge in [-0.3, -0.25) is 14.9 Å². The number of carbonyl (C=O) groups excluding carboxylic acids is 1. The van der Waals surface area contributed by atoms with E-state index in [0.29, 0.717) is 6.42 Å². The molecule has 1 saturated heterocycles. The molecule has 1 aliphatic heterocycles. The van der Waals surface area contributed by atoms with Gasteiger partial charge in [0.25, 0.3) is 5.69 Å². The summed E-state index contributed by atoms with van der Waals surface area (Å²) in [6.07, 6.45) is 0.232. The van der Waals surface area contributed by atoms with E-state index in [9.17, 15) is 23.3 Å². The van der Waals surface area contributed by atoms with Gasteiger partial charge < -0.3 is 4.74 Å². The number of non-ortho nitro benzene ring substituents is 1. The molecule has 0 radical (unpaired) electrons. The lowest BCUT2D eigenvalue weighted by Crippen LogP contribution is -2.48. The molecule has 26 heavy (non-hydrogen) atoms. The number of nitro benzene ring substituents is 1. The molecular formula is C16H19N3O6S. The van der Waals surface area contributed by atoms with E-state index in [-0.39, 0.29) is 17.0 Å². The third-order valence-electron chi connectivity index (χ3n) is 4.49. The topological polar surface area (TPSA) is 131 Å². The molecule has 1 aromatic rings. The van der Waals surface area contributed by atoms with E-state index in [4.69, 9.17) is 10.00 Å².